The van der Waals surface area contributed by atoms with Gasteiger partial charge in [0.25, 0.3) is 0 Å². The van der Waals surface area contributed by atoms with Crippen molar-refractivity contribution in [3.05, 3.63) is 42.2 Å². The molecule has 25 heavy (non-hydrogen) atoms. The lowest BCUT2D eigenvalue weighted by Crippen LogP contribution is -2.42. The van der Waals surface area contributed by atoms with E-state index in [4.69, 9.17) is 4.74 Å². The van der Waals surface area contributed by atoms with Crippen molar-refractivity contribution in [1.82, 2.24) is 25.0 Å². The highest BCUT2D eigenvalue weighted by atomic mass is 127. The van der Waals surface area contributed by atoms with E-state index in [2.05, 4.69) is 20.4 Å². The Labute approximate surface area is 164 Å². The third-order valence-electron chi connectivity index (χ3n) is 3.46. The average Bonchev–Trinajstić information content (AvgIpc) is 2.95. The number of rotatable bonds is 6. The minimum Gasteiger partial charge on any atom is -0.489 e. The molecule has 1 aromatic heterocycles. The summed E-state index contributed by atoms with van der Waals surface area (Å²) in [5, 5.41) is 7.31. The van der Waals surface area contributed by atoms with Gasteiger partial charge in [0.15, 0.2) is 5.96 Å². The molecule has 1 atom stereocenters. The third kappa shape index (κ3) is 6.48. The largest absolute Gasteiger partial charge is 0.489 e. The van der Waals surface area contributed by atoms with Gasteiger partial charge in [-0.05, 0) is 31.2 Å². The summed E-state index contributed by atoms with van der Waals surface area (Å²) in [6.45, 7) is 3.09. The number of nitrogens with one attached hydrogen (secondary N) is 1. The second-order valence-electron chi connectivity index (χ2n) is 5.47. The Morgan fingerprint density at radius 3 is 2.64 bits per heavy atom. The topological polar surface area (TPSA) is 67.6 Å². The van der Waals surface area contributed by atoms with Crippen molar-refractivity contribution in [2.24, 2.45) is 12.0 Å². The van der Waals surface area contributed by atoms with Crippen LogP contribution in [0.4, 0.5) is 4.39 Å². The Morgan fingerprint density at radius 1 is 1.40 bits per heavy atom. The first-order valence-electron chi connectivity index (χ1n) is 7.66. The lowest BCUT2D eigenvalue weighted by atomic mass is 10.3. The quantitative estimate of drug-likeness (QED) is 0.405. The maximum atomic E-state index is 12.9. The fraction of sp³-hybridized carbons (Fsp3) is 0.438. The summed E-state index contributed by atoms with van der Waals surface area (Å²) in [4.78, 5) is 10.4. The van der Waals surface area contributed by atoms with Crippen LogP contribution >= 0.6 is 24.0 Å². The van der Waals surface area contributed by atoms with Crippen molar-refractivity contribution < 1.29 is 9.13 Å². The number of halogens is 2. The molecular weight excluding hydrogens is 438 g/mol. The zero-order chi connectivity index (χ0) is 17.5. The number of ether oxygens (including phenoxy) is 1. The predicted molar refractivity (Wildman–Crippen MR) is 106 cm³/mol. The van der Waals surface area contributed by atoms with Gasteiger partial charge in [0.2, 0.25) is 0 Å². The summed E-state index contributed by atoms with van der Waals surface area (Å²) in [7, 11) is 5.50. The van der Waals surface area contributed by atoms with Gasteiger partial charge < -0.3 is 15.0 Å². The molecule has 0 radical (unpaired) electrons. The van der Waals surface area contributed by atoms with Crippen LogP contribution in [-0.2, 0) is 13.6 Å². The average molecular weight is 462 g/mol. The molecule has 0 saturated carbocycles. The Balaban J connectivity index is 0.00000312. The molecule has 0 saturated heterocycles. The first-order valence-corrected chi connectivity index (χ1v) is 7.66. The molecule has 1 unspecified atom stereocenters. The fourth-order valence-corrected chi connectivity index (χ4v) is 2.16. The van der Waals surface area contributed by atoms with Crippen molar-refractivity contribution in [2.45, 2.75) is 19.6 Å². The van der Waals surface area contributed by atoms with Crippen LogP contribution < -0.4 is 10.1 Å². The zero-order valence-corrected chi connectivity index (χ0v) is 17.1. The predicted octanol–water partition coefficient (Wildman–Crippen LogP) is 2.05. The third-order valence-corrected chi connectivity index (χ3v) is 3.46. The summed E-state index contributed by atoms with van der Waals surface area (Å²) in [6.07, 6.45) is 1.42. The normalized spacial score (nSPS) is 12.3. The van der Waals surface area contributed by atoms with Crippen molar-refractivity contribution in [1.29, 1.82) is 0 Å². The Bertz CT molecular complexity index is 676. The van der Waals surface area contributed by atoms with Crippen LogP contribution in [0.3, 0.4) is 0 Å². The number of guanidine groups is 1. The molecule has 0 spiro atoms. The van der Waals surface area contributed by atoms with Gasteiger partial charge in [-0.2, -0.15) is 5.10 Å². The zero-order valence-electron chi connectivity index (χ0n) is 14.8. The second kappa shape index (κ2) is 10.2. The number of benzene rings is 1. The van der Waals surface area contributed by atoms with Crippen molar-refractivity contribution in [3.8, 4) is 5.75 Å². The minimum atomic E-state index is -0.279. The molecule has 138 valence electrons. The monoisotopic (exact) mass is 462 g/mol. The summed E-state index contributed by atoms with van der Waals surface area (Å²) in [5.74, 6) is 1.93. The van der Waals surface area contributed by atoms with Crippen LogP contribution in [0.5, 0.6) is 5.75 Å². The molecule has 0 bridgehead atoms. The van der Waals surface area contributed by atoms with E-state index in [1.54, 1.807) is 23.9 Å². The van der Waals surface area contributed by atoms with Crippen molar-refractivity contribution in [3.63, 3.8) is 0 Å². The highest BCUT2D eigenvalue weighted by Crippen LogP contribution is 2.12. The highest BCUT2D eigenvalue weighted by Gasteiger charge is 2.12. The van der Waals surface area contributed by atoms with Crippen LogP contribution in [-0.4, -0.2) is 52.4 Å². The highest BCUT2D eigenvalue weighted by molar-refractivity contribution is 14.0. The van der Waals surface area contributed by atoms with Crippen molar-refractivity contribution in [2.75, 3.05) is 20.6 Å². The van der Waals surface area contributed by atoms with Crippen LogP contribution in [0.15, 0.2) is 35.6 Å². The van der Waals surface area contributed by atoms with E-state index in [-0.39, 0.29) is 35.9 Å². The lowest BCUT2D eigenvalue weighted by molar-refractivity contribution is 0.222. The first kappa shape index (κ1) is 21.1. The maximum Gasteiger partial charge on any atom is 0.193 e. The molecule has 2 rings (SSSR count). The summed E-state index contributed by atoms with van der Waals surface area (Å²) in [6, 6.07) is 5.98. The Kier molecular flexibility index (Phi) is 8.59. The molecule has 0 aliphatic rings. The minimum absolute atomic E-state index is 0. The van der Waals surface area contributed by atoms with Crippen LogP contribution in [0.1, 0.15) is 12.7 Å². The van der Waals surface area contributed by atoms with E-state index in [1.807, 2.05) is 25.9 Å². The maximum absolute atomic E-state index is 12.9. The molecule has 1 N–H and O–H groups in total. The van der Waals surface area contributed by atoms with E-state index >= 15 is 0 Å². The van der Waals surface area contributed by atoms with Gasteiger partial charge in [0.05, 0.1) is 13.1 Å². The van der Waals surface area contributed by atoms with Gasteiger partial charge in [-0.3, -0.25) is 9.67 Å². The first-order chi connectivity index (χ1) is 11.5. The molecule has 0 aliphatic heterocycles. The lowest BCUT2D eigenvalue weighted by Gasteiger charge is -2.23. The van der Waals surface area contributed by atoms with E-state index in [9.17, 15) is 4.39 Å². The molecule has 7 nitrogen and oxygen atoms in total. The molecule has 2 aromatic rings. The molecule has 1 heterocycles. The van der Waals surface area contributed by atoms with E-state index in [0.29, 0.717) is 18.8 Å². The summed E-state index contributed by atoms with van der Waals surface area (Å²) < 4.78 is 20.4. The fourth-order valence-electron chi connectivity index (χ4n) is 2.16. The van der Waals surface area contributed by atoms with Gasteiger partial charge in [0, 0.05) is 21.1 Å². The van der Waals surface area contributed by atoms with Gasteiger partial charge in [-0.1, -0.05) is 0 Å². The van der Waals surface area contributed by atoms with E-state index < -0.39 is 0 Å². The van der Waals surface area contributed by atoms with Gasteiger partial charge >= 0.3 is 0 Å². The number of aromatic nitrogens is 3. The standard InChI is InChI=1S/C16H23FN6O.HI/c1-12(24-14-7-5-13(17)6-8-14)9-19-16(18-2)22(3)10-15-20-11-21-23(15)4;/h5-8,11-12H,9-10H2,1-4H3,(H,18,19);1H. The Hall–Kier alpha value is -1.91. The van der Waals surface area contributed by atoms with Gasteiger partial charge in [0.1, 0.15) is 29.8 Å². The van der Waals surface area contributed by atoms with Crippen molar-refractivity contribution >= 4 is 29.9 Å². The van der Waals surface area contributed by atoms with Crippen LogP contribution in [0.25, 0.3) is 0 Å². The smallest absolute Gasteiger partial charge is 0.193 e. The number of aliphatic imine (C=N–C) groups is 1. The van der Waals surface area contributed by atoms with Gasteiger partial charge in [-0.25, -0.2) is 9.37 Å². The van der Waals surface area contributed by atoms with E-state index in [0.717, 1.165) is 11.8 Å². The summed E-state index contributed by atoms with van der Waals surface area (Å²) >= 11 is 0. The molecule has 0 aliphatic carbocycles. The molecule has 0 fully saturated rings. The molecule has 0 amide bonds. The summed E-state index contributed by atoms with van der Waals surface area (Å²) in [5.41, 5.74) is 0. The van der Waals surface area contributed by atoms with Gasteiger partial charge in [-0.15, -0.1) is 24.0 Å². The molecule has 1 aromatic carbocycles. The molecule has 9 heteroatoms. The number of aryl methyl sites for hydroxylation is 1. The second-order valence-corrected chi connectivity index (χ2v) is 5.47. The van der Waals surface area contributed by atoms with Crippen LogP contribution in [0, 0.1) is 5.82 Å². The number of hydrogen-bond acceptors (Lipinski definition) is 4. The molecular formula is C16H24FIN6O. The van der Waals surface area contributed by atoms with Crippen LogP contribution in [0.2, 0.25) is 0 Å². The number of hydrogen-bond donors (Lipinski definition) is 1. The Morgan fingerprint density at radius 2 is 2.08 bits per heavy atom. The van der Waals surface area contributed by atoms with E-state index in [1.165, 1.54) is 18.5 Å². The SMILES string of the molecule is CN=C(NCC(C)Oc1ccc(F)cc1)N(C)Cc1ncnn1C.I. The number of nitrogens with zero attached hydrogens (tertiary/aromatic N) is 5.